The summed E-state index contributed by atoms with van der Waals surface area (Å²) in [6.45, 7) is 0.454. The summed E-state index contributed by atoms with van der Waals surface area (Å²) >= 11 is 5.98. The number of imidazole rings is 1. The Hall–Kier alpha value is -4.69. The molecule has 0 radical (unpaired) electrons. The summed E-state index contributed by atoms with van der Waals surface area (Å²) in [4.78, 5) is 29.9. The standard InChI is InChI=1S/C30H25ClN4O4/c1-38-30(37)26(17-20-7-13-24(14-8-20)39-19-21-5-3-2-4-6-21)33-29(36)27-18-35-28(32-27)16-15-25(34-35)22-9-11-23(31)12-10-22/h2-16,18,26H,17,19H2,1H3,(H,33,36). The smallest absolute Gasteiger partial charge is 0.328 e. The van der Waals surface area contributed by atoms with E-state index in [-0.39, 0.29) is 12.1 Å². The molecule has 0 spiro atoms. The van der Waals surface area contributed by atoms with E-state index in [0.717, 1.165) is 16.7 Å². The zero-order chi connectivity index (χ0) is 27.2. The molecule has 0 saturated heterocycles. The molecule has 5 aromatic rings. The number of hydrogen-bond acceptors (Lipinski definition) is 6. The van der Waals surface area contributed by atoms with Gasteiger partial charge in [-0.25, -0.2) is 14.3 Å². The van der Waals surface area contributed by atoms with Crippen molar-refractivity contribution >= 4 is 29.1 Å². The highest BCUT2D eigenvalue weighted by atomic mass is 35.5. The average Bonchev–Trinajstić information content (AvgIpc) is 3.41. The lowest BCUT2D eigenvalue weighted by molar-refractivity contribution is -0.142. The van der Waals surface area contributed by atoms with Crippen molar-refractivity contribution in [3.8, 4) is 17.0 Å². The van der Waals surface area contributed by atoms with Gasteiger partial charge in [0.2, 0.25) is 0 Å². The zero-order valence-electron chi connectivity index (χ0n) is 21.1. The number of nitrogens with one attached hydrogen (secondary N) is 1. The lowest BCUT2D eigenvalue weighted by atomic mass is 10.1. The maximum absolute atomic E-state index is 13.0. The van der Waals surface area contributed by atoms with Crippen LogP contribution in [-0.4, -0.2) is 39.6 Å². The highest BCUT2D eigenvalue weighted by molar-refractivity contribution is 6.30. The van der Waals surface area contributed by atoms with E-state index >= 15 is 0 Å². The molecule has 2 aromatic heterocycles. The number of carbonyl (C=O) groups excluding carboxylic acids is 2. The van der Waals surface area contributed by atoms with Crippen molar-refractivity contribution in [2.75, 3.05) is 7.11 Å². The van der Waals surface area contributed by atoms with Gasteiger partial charge in [-0.2, -0.15) is 5.10 Å². The second kappa shape index (κ2) is 11.8. The summed E-state index contributed by atoms with van der Waals surface area (Å²) in [5, 5.41) is 7.92. The van der Waals surface area contributed by atoms with Gasteiger partial charge in [-0.3, -0.25) is 4.79 Å². The van der Waals surface area contributed by atoms with Gasteiger partial charge in [0.25, 0.3) is 5.91 Å². The Bertz CT molecular complexity index is 1590. The van der Waals surface area contributed by atoms with E-state index in [0.29, 0.717) is 28.7 Å². The number of rotatable bonds is 9. The van der Waals surface area contributed by atoms with E-state index < -0.39 is 17.9 Å². The van der Waals surface area contributed by atoms with Crippen LogP contribution in [0.3, 0.4) is 0 Å². The summed E-state index contributed by atoms with van der Waals surface area (Å²) in [5.74, 6) is -0.358. The minimum atomic E-state index is -0.902. The molecule has 1 unspecified atom stereocenters. The number of nitrogens with zero attached hydrogens (tertiary/aromatic N) is 3. The fourth-order valence-corrected chi connectivity index (χ4v) is 4.16. The van der Waals surface area contributed by atoms with E-state index in [4.69, 9.17) is 21.1 Å². The van der Waals surface area contributed by atoms with Gasteiger partial charge < -0.3 is 14.8 Å². The van der Waals surface area contributed by atoms with Gasteiger partial charge in [0, 0.05) is 17.0 Å². The van der Waals surface area contributed by atoms with Crippen molar-refractivity contribution in [3.63, 3.8) is 0 Å². The minimum Gasteiger partial charge on any atom is -0.489 e. The molecule has 2 heterocycles. The molecule has 3 aromatic carbocycles. The molecule has 0 saturated carbocycles. The van der Waals surface area contributed by atoms with Crippen molar-refractivity contribution in [2.45, 2.75) is 19.1 Å². The van der Waals surface area contributed by atoms with Gasteiger partial charge >= 0.3 is 5.97 Å². The molecular formula is C30H25ClN4O4. The number of methoxy groups -OCH3 is 1. The van der Waals surface area contributed by atoms with Gasteiger partial charge in [-0.1, -0.05) is 66.2 Å². The molecule has 0 aliphatic carbocycles. The molecule has 1 amide bonds. The first-order valence-electron chi connectivity index (χ1n) is 12.3. The highest BCUT2D eigenvalue weighted by Gasteiger charge is 2.24. The summed E-state index contributed by atoms with van der Waals surface area (Å²) in [6.07, 6.45) is 1.76. The Balaban J connectivity index is 1.26. The zero-order valence-corrected chi connectivity index (χ0v) is 21.8. The molecule has 1 atom stereocenters. The van der Waals surface area contributed by atoms with E-state index in [9.17, 15) is 9.59 Å². The molecule has 39 heavy (non-hydrogen) atoms. The van der Waals surface area contributed by atoms with Crippen molar-refractivity contribution in [1.82, 2.24) is 19.9 Å². The second-order valence-corrected chi connectivity index (χ2v) is 9.26. The maximum atomic E-state index is 13.0. The third kappa shape index (κ3) is 6.42. The number of halogens is 1. The van der Waals surface area contributed by atoms with Crippen LogP contribution < -0.4 is 10.1 Å². The quantitative estimate of drug-likeness (QED) is 0.260. The molecule has 5 rings (SSSR count). The Morgan fingerprint density at radius 1 is 0.923 bits per heavy atom. The number of amides is 1. The first-order valence-corrected chi connectivity index (χ1v) is 12.6. The molecule has 0 aliphatic heterocycles. The molecule has 0 bridgehead atoms. The van der Waals surface area contributed by atoms with Crippen LogP contribution in [0.4, 0.5) is 0 Å². The predicted octanol–water partition coefficient (Wildman–Crippen LogP) is 5.14. The normalized spacial score (nSPS) is 11.6. The SMILES string of the molecule is COC(=O)C(Cc1ccc(OCc2ccccc2)cc1)NC(=O)c1cn2nc(-c3ccc(Cl)cc3)ccc2n1. The Labute approximate surface area is 230 Å². The van der Waals surface area contributed by atoms with Gasteiger partial charge in [-0.15, -0.1) is 0 Å². The Morgan fingerprint density at radius 3 is 2.38 bits per heavy atom. The van der Waals surface area contributed by atoms with Crippen LogP contribution in [0.25, 0.3) is 16.9 Å². The number of aromatic nitrogens is 3. The third-order valence-corrected chi connectivity index (χ3v) is 6.35. The highest BCUT2D eigenvalue weighted by Crippen LogP contribution is 2.20. The fraction of sp³-hybridized carbons (Fsp3) is 0.133. The summed E-state index contributed by atoms with van der Waals surface area (Å²) in [5.41, 5.74) is 4.11. The first kappa shape index (κ1) is 25.9. The van der Waals surface area contributed by atoms with E-state index in [1.165, 1.54) is 17.8 Å². The maximum Gasteiger partial charge on any atom is 0.328 e. The van der Waals surface area contributed by atoms with Crippen LogP contribution in [-0.2, 0) is 22.6 Å². The molecule has 0 fully saturated rings. The molecule has 196 valence electrons. The van der Waals surface area contributed by atoms with Crippen LogP contribution in [0.5, 0.6) is 5.75 Å². The molecule has 9 heteroatoms. The molecule has 8 nitrogen and oxygen atoms in total. The third-order valence-electron chi connectivity index (χ3n) is 6.10. The van der Waals surface area contributed by atoms with Crippen molar-refractivity contribution in [3.05, 3.63) is 119 Å². The van der Waals surface area contributed by atoms with Crippen LogP contribution in [0.1, 0.15) is 21.6 Å². The van der Waals surface area contributed by atoms with Gasteiger partial charge in [-0.05, 0) is 47.5 Å². The number of esters is 1. The number of ether oxygens (including phenoxy) is 2. The average molecular weight is 541 g/mol. The lowest BCUT2D eigenvalue weighted by Crippen LogP contribution is -2.43. The number of carbonyl (C=O) groups is 2. The van der Waals surface area contributed by atoms with Crippen molar-refractivity contribution < 1.29 is 19.1 Å². The molecule has 1 N–H and O–H groups in total. The van der Waals surface area contributed by atoms with Crippen LogP contribution in [0.2, 0.25) is 5.02 Å². The van der Waals surface area contributed by atoms with Gasteiger partial charge in [0.05, 0.1) is 19.0 Å². The fourth-order valence-electron chi connectivity index (χ4n) is 4.03. The van der Waals surface area contributed by atoms with Crippen LogP contribution in [0, 0.1) is 0 Å². The monoisotopic (exact) mass is 540 g/mol. The van der Waals surface area contributed by atoms with Crippen LogP contribution >= 0.6 is 11.6 Å². The minimum absolute atomic E-state index is 0.134. The summed E-state index contributed by atoms with van der Waals surface area (Å²) in [6, 6.07) is 27.2. The largest absolute Gasteiger partial charge is 0.489 e. The predicted molar refractivity (Wildman–Crippen MR) is 148 cm³/mol. The molecular weight excluding hydrogens is 516 g/mol. The first-order chi connectivity index (χ1) is 19.0. The summed E-state index contributed by atoms with van der Waals surface area (Å²) < 4.78 is 12.3. The Morgan fingerprint density at radius 2 is 1.67 bits per heavy atom. The van der Waals surface area contributed by atoms with Crippen molar-refractivity contribution in [2.24, 2.45) is 0 Å². The Kier molecular flexibility index (Phi) is 7.84. The second-order valence-electron chi connectivity index (χ2n) is 8.83. The number of hydrogen-bond donors (Lipinski definition) is 1. The lowest BCUT2D eigenvalue weighted by Gasteiger charge is -2.16. The van der Waals surface area contributed by atoms with Crippen molar-refractivity contribution in [1.29, 1.82) is 0 Å². The number of benzene rings is 3. The van der Waals surface area contributed by atoms with E-state index in [1.807, 2.05) is 72.8 Å². The topological polar surface area (TPSA) is 94.8 Å². The van der Waals surface area contributed by atoms with E-state index in [2.05, 4.69) is 15.4 Å². The van der Waals surface area contributed by atoms with Gasteiger partial charge in [0.15, 0.2) is 5.65 Å². The number of fused-ring (bicyclic) bond motifs is 1. The van der Waals surface area contributed by atoms with Crippen LogP contribution in [0.15, 0.2) is 97.2 Å². The van der Waals surface area contributed by atoms with Gasteiger partial charge in [0.1, 0.15) is 24.1 Å². The molecule has 0 aliphatic rings. The van der Waals surface area contributed by atoms with E-state index in [1.54, 1.807) is 18.2 Å². The summed E-state index contributed by atoms with van der Waals surface area (Å²) in [7, 11) is 1.29.